The first kappa shape index (κ1) is 18.1. The molecule has 3 rings (SSSR count). The summed E-state index contributed by atoms with van der Waals surface area (Å²) in [6, 6.07) is 10.9. The third kappa shape index (κ3) is 3.94. The molecule has 0 aliphatic rings. The smallest absolute Gasteiger partial charge is 0.231 e. The number of fused-ring (bicyclic) bond motifs is 1. The van der Waals surface area contributed by atoms with E-state index in [4.69, 9.17) is 16.3 Å². The summed E-state index contributed by atoms with van der Waals surface area (Å²) >= 11 is 6.24. The van der Waals surface area contributed by atoms with Gasteiger partial charge in [0.15, 0.2) is 11.5 Å². The van der Waals surface area contributed by atoms with Gasteiger partial charge in [-0.3, -0.25) is 4.79 Å². The highest BCUT2D eigenvalue weighted by molar-refractivity contribution is 6.33. The Balaban J connectivity index is 1.72. The van der Waals surface area contributed by atoms with Gasteiger partial charge in [0.2, 0.25) is 11.8 Å². The molecule has 3 aromatic rings. The molecule has 1 aromatic carbocycles. The van der Waals surface area contributed by atoms with Gasteiger partial charge in [0, 0.05) is 17.0 Å². The monoisotopic (exact) mass is 373 g/mol. The van der Waals surface area contributed by atoms with Gasteiger partial charge in [-0.05, 0) is 18.2 Å². The van der Waals surface area contributed by atoms with E-state index >= 15 is 0 Å². The van der Waals surface area contributed by atoms with Gasteiger partial charge in [-0.25, -0.2) is 0 Å². The van der Waals surface area contributed by atoms with Crippen molar-refractivity contribution in [2.75, 3.05) is 13.2 Å². The molecule has 0 radical (unpaired) electrons. The highest BCUT2D eigenvalue weighted by Gasteiger charge is 2.20. The number of nitrogens with zero attached hydrogens (tertiary/aromatic N) is 4. The van der Waals surface area contributed by atoms with Crippen molar-refractivity contribution >= 4 is 23.2 Å². The summed E-state index contributed by atoms with van der Waals surface area (Å²) < 4.78 is 7.22. The van der Waals surface area contributed by atoms with E-state index in [2.05, 4.69) is 20.6 Å². The molecule has 2 heterocycles. The Hall–Kier alpha value is -2.67. The van der Waals surface area contributed by atoms with Crippen LogP contribution in [0.5, 0.6) is 5.88 Å². The van der Waals surface area contributed by atoms with E-state index in [9.17, 15) is 4.79 Å². The van der Waals surface area contributed by atoms with Crippen LogP contribution in [-0.4, -0.2) is 38.9 Å². The molecule has 0 aliphatic heterocycles. The summed E-state index contributed by atoms with van der Waals surface area (Å²) in [6.45, 7) is 6.29. The number of hydrogen-bond acceptors (Lipinski definition) is 5. The average Bonchev–Trinajstić information content (AvgIpc) is 3.01. The Morgan fingerprint density at radius 3 is 2.69 bits per heavy atom. The first-order chi connectivity index (χ1) is 12.4. The number of hydrogen-bond donors (Lipinski definition) is 1. The van der Waals surface area contributed by atoms with Crippen molar-refractivity contribution < 1.29 is 9.53 Å². The van der Waals surface area contributed by atoms with Crippen LogP contribution in [0.4, 0.5) is 0 Å². The molecule has 136 valence electrons. The second kappa shape index (κ2) is 7.29. The van der Waals surface area contributed by atoms with E-state index in [1.54, 1.807) is 22.7 Å². The van der Waals surface area contributed by atoms with Gasteiger partial charge in [0.1, 0.15) is 6.61 Å². The fourth-order valence-corrected chi connectivity index (χ4v) is 2.47. The number of aromatic nitrogens is 4. The first-order valence-electron chi connectivity index (χ1n) is 8.25. The molecular formula is C18H20ClN5O2. The number of nitrogens with one attached hydrogen (secondary N) is 1. The quantitative estimate of drug-likeness (QED) is 0.695. The van der Waals surface area contributed by atoms with E-state index in [1.165, 1.54) is 0 Å². The Morgan fingerprint density at radius 2 is 1.96 bits per heavy atom. The van der Waals surface area contributed by atoms with Gasteiger partial charge in [0.25, 0.3) is 0 Å². The van der Waals surface area contributed by atoms with E-state index in [0.717, 1.165) is 5.56 Å². The normalized spacial score (nSPS) is 11.5. The Labute approximate surface area is 156 Å². The molecule has 2 aromatic heterocycles. The summed E-state index contributed by atoms with van der Waals surface area (Å²) in [6.07, 6.45) is 0. The van der Waals surface area contributed by atoms with Crippen molar-refractivity contribution in [1.82, 2.24) is 25.1 Å². The van der Waals surface area contributed by atoms with E-state index in [1.807, 2.05) is 39.0 Å². The second-order valence-corrected chi connectivity index (χ2v) is 7.21. The fourth-order valence-electron chi connectivity index (χ4n) is 2.24. The Kier molecular flexibility index (Phi) is 5.08. The van der Waals surface area contributed by atoms with Gasteiger partial charge in [-0.1, -0.05) is 44.5 Å². The van der Waals surface area contributed by atoms with Crippen molar-refractivity contribution in [3.8, 4) is 17.3 Å². The van der Waals surface area contributed by atoms with E-state index in [-0.39, 0.29) is 5.91 Å². The highest BCUT2D eigenvalue weighted by Crippen LogP contribution is 2.26. The lowest BCUT2D eigenvalue weighted by atomic mass is 9.96. The molecule has 26 heavy (non-hydrogen) atoms. The molecule has 8 heteroatoms. The molecular weight excluding hydrogens is 354 g/mol. The second-order valence-electron chi connectivity index (χ2n) is 6.80. The van der Waals surface area contributed by atoms with Gasteiger partial charge in [-0.2, -0.15) is 4.52 Å². The topological polar surface area (TPSA) is 81.4 Å². The molecule has 0 fully saturated rings. The summed E-state index contributed by atoms with van der Waals surface area (Å²) in [4.78, 5) is 11.8. The van der Waals surface area contributed by atoms with Crippen LogP contribution in [0.3, 0.4) is 0 Å². The maximum atomic E-state index is 11.8. The molecule has 0 bridgehead atoms. The minimum absolute atomic E-state index is 0.0238. The molecule has 0 spiro atoms. The van der Waals surface area contributed by atoms with Crippen LogP contribution in [0.25, 0.3) is 17.0 Å². The van der Waals surface area contributed by atoms with Crippen LogP contribution in [0.1, 0.15) is 20.8 Å². The average molecular weight is 374 g/mol. The lowest BCUT2D eigenvalue weighted by molar-refractivity contribution is -0.128. The largest absolute Gasteiger partial charge is 0.475 e. The summed E-state index contributed by atoms with van der Waals surface area (Å²) in [5, 5.41) is 16.1. The SMILES string of the molecule is CC(C)(C)C(=O)NCCOc1ccc2nnc(-c3ccccc3Cl)n2n1. The van der Waals surface area contributed by atoms with Gasteiger partial charge < -0.3 is 10.1 Å². The minimum Gasteiger partial charge on any atom is -0.475 e. The number of halogens is 1. The maximum Gasteiger partial charge on any atom is 0.231 e. The number of carbonyl (C=O) groups is 1. The zero-order chi connectivity index (χ0) is 18.7. The maximum absolute atomic E-state index is 11.8. The van der Waals surface area contributed by atoms with Crippen LogP contribution in [0.2, 0.25) is 5.02 Å². The lowest BCUT2D eigenvalue weighted by Crippen LogP contribution is -2.37. The van der Waals surface area contributed by atoms with Gasteiger partial charge in [-0.15, -0.1) is 15.3 Å². The zero-order valence-electron chi connectivity index (χ0n) is 14.9. The molecule has 0 atom stereocenters. The molecule has 0 saturated carbocycles. The number of rotatable bonds is 5. The van der Waals surface area contributed by atoms with Crippen LogP contribution in [-0.2, 0) is 4.79 Å². The third-order valence-electron chi connectivity index (χ3n) is 3.67. The number of benzene rings is 1. The number of amides is 1. The van der Waals surface area contributed by atoms with Crippen molar-refractivity contribution in [1.29, 1.82) is 0 Å². The number of ether oxygens (including phenoxy) is 1. The van der Waals surface area contributed by atoms with Gasteiger partial charge >= 0.3 is 0 Å². The lowest BCUT2D eigenvalue weighted by Gasteiger charge is -2.17. The molecule has 0 aliphatic carbocycles. The highest BCUT2D eigenvalue weighted by atomic mass is 35.5. The van der Waals surface area contributed by atoms with Crippen molar-refractivity contribution in [2.45, 2.75) is 20.8 Å². The van der Waals surface area contributed by atoms with E-state index in [0.29, 0.717) is 35.5 Å². The Bertz CT molecular complexity index is 933. The Morgan fingerprint density at radius 1 is 1.19 bits per heavy atom. The molecule has 1 N–H and O–H groups in total. The summed E-state index contributed by atoms with van der Waals surface area (Å²) in [5.74, 6) is 0.928. The van der Waals surface area contributed by atoms with E-state index < -0.39 is 5.41 Å². The third-order valence-corrected chi connectivity index (χ3v) is 4.00. The number of carbonyl (C=O) groups excluding carboxylic acids is 1. The molecule has 1 amide bonds. The molecule has 0 unspecified atom stereocenters. The van der Waals surface area contributed by atoms with Crippen molar-refractivity contribution in [3.05, 3.63) is 41.4 Å². The molecule has 7 nitrogen and oxygen atoms in total. The van der Waals surface area contributed by atoms with Crippen LogP contribution in [0, 0.1) is 5.41 Å². The predicted molar refractivity (Wildman–Crippen MR) is 99.2 cm³/mol. The fraction of sp³-hybridized carbons (Fsp3) is 0.333. The van der Waals surface area contributed by atoms with Gasteiger partial charge in [0.05, 0.1) is 11.6 Å². The van der Waals surface area contributed by atoms with Crippen molar-refractivity contribution in [2.24, 2.45) is 5.41 Å². The minimum atomic E-state index is -0.427. The van der Waals surface area contributed by atoms with Crippen molar-refractivity contribution in [3.63, 3.8) is 0 Å². The summed E-state index contributed by atoms with van der Waals surface area (Å²) in [5.41, 5.74) is 0.904. The van der Waals surface area contributed by atoms with Crippen LogP contribution < -0.4 is 10.1 Å². The molecule has 0 saturated heterocycles. The standard InChI is InChI=1S/C18H20ClN5O2/c1-18(2,3)17(25)20-10-11-26-15-9-8-14-21-22-16(24(14)23-15)12-6-4-5-7-13(12)19/h4-9H,10-11H2,1-3H3,(H,20,25). The first-order valence-corrected chi connectivity index (χ1v) is 8.62. The zero-order valence-corrected chi connectivity index (χ0v) is 15.6. The predicted octanol–water partition coefficient (Wildman–Crippen LogP) is 2.99. The van der Waals surface area contributed by atoms with Crippen LogP contribution >= 0.6 is 11.6 Å². The van der Waals surface area contributed by atoms with Crippen LogP contribution in [0.15, 0.2) is 36.4 Å². The summed E-state index contributed by atoms with van der Waals surface area (Å²) in [7, 11) is 0.